The topological polar surface area (TPSA) is 56.1 Å². The number of alkyl halides is 3. The van der Waals surface area contributed by atoms with Gasteiger partial charge in [0, 0.05) is 12.6 Å². The maximum Gasteiger partial charge on any atom is 0.434 e. The van der Waals surface area contributed by atoms with Crippen LogP contribution in [-0.4, -0.2) is 22.8 Å². The third kappa shape index (κ3) is 4.55. The zero-order valence-electron chi connectivity index (χ0n) is 13.6. The zero-order chi connectivity index (χ0) is 20.5. The van der Waals surface area contributed by atoms with E-state index in [0.717, 1.165) is 25.3 Å². The Kier molecular flexibility index (Phi) is 6.41. The Balaban J connectivity index is 2.61. The molecular formula is C15H10Cl3F4N3O2. The van der Waals surface area contributed by atoms with Gasteiger partial charge in [0.15, 0.2) is 5.69 Å². The molecule has 0 saturated carbocycles. The number of carbonyl (C=O) groups excluding carboxylic acids is 1. The second-order valence-electron chi connectivity index (χ2n) is 5.11. The summed E-state index contributed by atoms with van der Waals surface area (Å²) in [4.78, 5) is 16.0. The van der Waals surface area contributed by atoms with Gasteiger partial charge in [0.05, 0.1) is 17.2 Å². The van der Waals surface area contributed by atoms with Crippen molar-refractivity contribution in [3.63, 3.8) is 0 Å². The van der Waals surface area contributed by atoms with Crippen molar-refractivity contribution in [2.24, 2.45) is 7.05 Å². The summed E-state index contributed by atoms with van der Waals surface area (Å²) in [5.41, 5.74) is -0.00293. The first kappa shape index (κ1) is 21.5. The molecule has 1 amide bonds. The summed E-state index contributed by atoms with van der Waals surface area (Å²) in [5, 5.41) is 2.38. The smallest absolute Gasteiger partial charge is 0.277 e. The van der Waals surface area contributed by atoms with Gasteiger partial charge < -0.3 is 0 Å². The van der Waals surface area contributed by atoms with Gasteiger partial charge >= 0.3 is 6.18 Å². The molecule has 0 radical (unpaired) electrons. The Morgan fingerprint density at radius 3 is 2.48 bits per heavy atom. The predicted molar refractivity (Wildman–Crippen MR) is 92.6 cm³/mol. The van der Waals surface area contributed by atoms with E-state index in [1.54, 1.807) is 0 Å². The first-order chi connectivity index (χ1) is 12.5. The van der Waals surface area contributed by atoms with Gasteiger partial charge in [-0.1, -0.05) is 34.8 Å². The SMILES string of the molecule is CONC(=O)C(Cl)=Cc1cc(-c2nn(C)c(C(F)(F)F)c2Cl)c(F)cc1Cl. The summed E-state index contributed by atoms with van der Waals surface area (Å²) in [6.07, 6.45) is -3.70. The molecule has 0 fully saturated rings. The molecule has 1 N–H and O–H groups in total. The van der Waals surface area contributed by atoms with E-state index in [9.17, 15) is 22.4 Å². The van der Waals surface area contributed by atoms with Crippen molar-refractivity contribution in [3.05, 3.63) is 44.3 Å². The van der Waals surface area contributed by atoms with Gasteiger partial charge in [-0.25, -0.2) is 9.87 Å². The molecule has 0 aliphatic rings. The predicted octanol–water partition coefficient (Wildman–Crippen LogP) is 4.81. The second-order valence-corrected chi connectivity index (χ2v) is 6.31. The average molecular weight is 447 g/mol. The van der Waals surface area contributed by atoms with Crippen molar-refractivity contribution in [2.45, 2.75) is 6.18 Å². The van der Waals surface area contributed by atoms with Gasteiger partial charge in [-0.2, -0.15) is 18.3 Å². The average Bonchev–Trinajstić information content (AvgIpc) is 2.84. The summed E-state index contributed by atoms with van der Waals surface area (Å²) in [6.45, 7) is 0. The van der Waals surface area contributed by atoms with Crippen molar-refractivity contribution in [3.8, 4) is 11.3 Å². The van der Waals surface area contributed by atoms with Gasteiger partial charge in [0.2, 0.25) is 0 Å². The summed E-state index contributed by atoms with van der Waals surface area (Å²) >= 11 is 17.5. The number of hydrogen-bond donors (Lipinski definition) is 1. The quantitative estimate of drug-likeness (QED) is 0.417. The first-order valence-electron chi connectivity index (χ1n) is 6.97. The van der Waals surface area contributed by atoms with Crippen LogP contribution in [0.2, 0.25) is 10.0 Å². The highest BCUT2D eigenvalue weighted by molar-refractivity contribution is 6.44. The maximum absolute atomic E-state index is 14.3. The highest BCUT2D eigenvalue weighted by atomic mass is 35.5. The molecule has 146 valence electrons. The van der Waals surface area contributed by atoms with E-state index in [4.69, 9.17) is 34.8 Å². The lowest BCUT2D eigenvalue weighted by molar-refractivity contribution is -0.143. The second kappa shape index (κ2) is 8.05. The van der Waals surface area contributed by atoms with Gasteiger partial charge in [0.25, 0.3) is 5.91 Å². The standard InChI is InChI=1S/C15H10Cl3F4N3O2/c1-25-13(15(20,21)22)11(18)12(23-25)7-3-6(8(16)5-10(7)19)4-9(17)14(26)24-27-2/h3-5H,1-2H3,(H,24,26). The van der Waals surface area contributed by atoms with Crippen molar-refractivity contribution in [1.82, 2.24) is 15.3 Å². The Morgan fingerprint density at radius 2 is 1.96 bits per heavy atom. The number of benzene rings is 1. The third-order valence-electron chi connectivity index (χ3n) is 3.29. The highest BCUT2D eigenvalue weighted by Crippen LogP contribution is 2.41. The molecule has 1 aromatic heterocycles. The number of nitrogens with one attached hydrogen (secondary N) is 1. The molecular weight excluding hydrogens is 437 g/mol. The number of amides is 1. The minimum Gasteiger partial charge on any atom is -0.277 e. The van der Waals surface area contributed by atoms with Crippen molar-refractivity contribution in [1.29, 1.82) is 0 Å². The van der Waals surface area contributed by atoms with Crippen molar-refractivity contribution < 1.29 is 27.2 Å². The van der Waals surface area contributed by atoms with E-state index in [1.165, 1.54) is 7.11 Å². The molecule has 0 spiro atoms. The fourth-order valence-electron chi connectivity index (χ4n) is 2.18. The molecule has 0 unspecified atom stereocenters. The van der Waals surface area contributed by atoms with Crippen LogP contribution in [0.25, 0.3) is 17.3 Å². The number of hydrogen-bond acceptors (Lipinski definition) is 3. The van der Waals surface area contributed by atoms with E-state index < -0.39 is 34.3 Å². The first-order valence-corrected chi connectivity index (χ1v) is 8.10. The Labute approximate surface area is 165 Å². The van der Waals surface area contributed by atoms with Crippen LogP contribution in [0.1, 0.15) is 11.3 Å². The fraction of sp³-hybridized carbons (Fsp3) is 0.200. The van der Waals surface area contributed by atoms with Crippen LogP contribution in [0.15, 0.2) is 17.2 Å². The minimum absolute atomic E-state index is 0.0552. The summed E-state index contributed by atoms with van der Waals surface area (Å²) in [6, 6.07) is 1.92. The van der Waals surface area contributed by atoms with Gasteiger partial charge in [-0.05, 0) is 23.8 Å². The number of halogens is 7. The molecule has 2 aromatic rings. The molecule has 0 saturated heterocycles. The molecule has 1 heterocycles. The monoisotopic (exact) mass is 445 g/mol. The molecule has 5 nitrogen and oxygen atoms in total. The summed E-state index contributed by atoms with van der Waals surface area (Å²) in [7, 11) is 2.21. The van der Waals surface area contributed by atoms with E-state index in [1.807, 2.05) is 5.48 Å². The number of hydroxylamine groups is 1. The lowest BCUT2D eigenvalue weighted by Gasteiger charge is -2.07. The minimum atomic E-state index is -4.79. The normalized spacial score (nSPS) is 12.4. The summed E-state index contributed by atoms with van der Waals surface area (Å²) < 4.78 is 54.0. The molecule has 27 heavy (non-hydrogen) atoms. The molecule has 0 bridgehead atoms. The Hall–Kier alpha value is -1.81. The molecule has 0 aliphatic heterocycles. The molecule has 1 aromatic carbocycles. The van der Waals surface area contributed by atoms with Crippen LogP contribution < -0.4 is 5.48 Å². The number of aryl methyl sites for hydroxylation is 1. The molecule has 2 rings (SSSR count). The van der Waals surface area contributed by atoms with Crippen LogP contribution >= 0.6 is 34.8 Å². The number of aromatic nitrogens is 2. The highest BCUT2D eigenvalue weighted by Gasteiger charge is 2.39. The fourth-order valence-corrected chi connectivity index (χ4v) is 2.91. The van der Waals surface area contributed by atoms with E-state index in [2.05, 4.69) is 9.94 Å². The third-order valence-corrected chi connectivity index (χ3v) is 4.26. The maximum atomic E-state index is 14.3. The van der Waals surface area contributed by atoms with Crippen molar-refractivity contribution in [2.75, 3.05) is 7.11 Å². The van der Waals surface area contributed by atoms with E-state index >= 15 is 0 Å². The van der Waals surface area contributed by atoms with Crippen LogP contribution in [0.3, 0.4) is 0 Å². The lowest BCUT2D eigenvalue weighted by atomic mass is 10.1. The molecule has 0 aliphatic carbocycles. The lowest BCUT2D eigenvalue weighted by Crippen LogP contribution is -2.21. The number of nitrogens with zero attached hydrogens (tertiary/aromatic N) is 2. The Morgan fingerprint density at radius 1 is 1.33 bits per heavy atom. The van der Waals surface area contributed by atoms with Gasteiger partial charge in [0.1, 0.15) is 16.5 Å². The van der Waals surface area contributed by atoms with Gasteiger partial charge in [-0.15, -0.1) is 0 Å². The molecule has 12 heteroatoms. The van der Waals surface area contributed by atoms with Crippen LogP contribution in [-0.2, 0) is 22.9 Å². The van der Waals surface area contributed by atoms with Gasteiger partial charge in [-0.3, -0.25) is 14.3 Å². The largest absolute Gasteiger partial charge is 0.434 e. The number of carbonyl (C=O) groups is 1. The van der Waals surface area contributed by atoms with E-state index in [-0.39, 0.29) is 21.2 Å². The van der Waals surface area contributed by atoms with Crippen molar-refractivity contribution >= 4 is 46.8 Å². The molecule has 0 atom stereocenters. The zero-order valence-corrected chi connectivity index (χ0v) is 15.9. The Bertz CT molecular complexity index is 926. The van der Waals surface area contributed by atoms with E-state index in [0.29, 0.717) is 4.68 Å². The van der Waals surface area contributed by atoms with Crippen LogP contribution in [0, 0.1) is 5.82 Å². The van der Waals surface area contributed by atoms with Crippen LogP contribution in [0.5, 0.6) is 0 Å². The summed E-state index contributed by atoms with van der Waals surface area (Å²) in [5.74, 6) is -1.76. The number of rotatable bonds is 4. The van der Waals surface area contributed by atoms with Crippen LogP contribution in [0.4, 0.5) is 17.6 Å².